The number of aryl methyl sites for hydroxylation is 2. The summed E-state index contributed by atoms with van der Waals surface area (Å²) in [4.78, 5) is 12.3. The van der Waals surface area contributed by atoms with Crippen LogP contribution in [0, 0.1) is 19.7 Å². The van der Waals surface area contributed by atoms with Crippen molar-refractivity contribution in [2.45, 2.75) is 19.1 Å². The van der Waals surface area contributed by atoms with Gasteiger partial charge in [-0.15, -0.1) is 11.8 Å². The summed E-state index contributed by atoms with van der Waals surface area (Å²) in [6.07, 6.45) is 0. The van der Waals surface area contributed by atoms with Crippen molar-refractivity contribution in [3.05, 3.63) is 76.7 Å². The molecule has 26 heavy (non-hydrogen) atoms. The maximum absolute atomic E-state index is 14.5. The number of hydrogen-bond donors (Lipinski definition) is 1. The molecule has 4 rings (SSSR count). The Bertz CT molecular complexity index is 981. The highest BCUT2D eigenvalue weighted by molar-refractivity contribution is 8.00. The molecule has 0 aliphatic carbocycles. The van der Waals surface area contributed by atoms with Gasteiger partial charge in [-0.05, 0) is 32.0 Å². The minimum atomic E-state index is -0.288. The second-order valence-electron chi connectivity index (χ2n) is 6.36. The molecule has 2 aromatic carbocycles. The van der Waals surface area contributed by atoms with Gasteiger partial charge in [0.05, 0.1) is 22.4 Å². The molecule has 1 aromatic heterocycles. The summed E-state index contributed by atoms with van der Waals surface area (Å²) in [6, 6.07) is 14.6. The Morgan fingerprint density at radius 1 is 1.15 bits per heavy atom. The lowest BCUT2D eigenvalue weighted by Crippen LogP contribution is -2.15. The Labute approximate surface area is 155 Å². The van der Waals surface area contributed by atoms with Crippen LogP contribution in [0.3, 0.4) is 0 Å². The Hall–Kier alpha value is -2.60. The van der Waals surface area contributed by atoms with E-state index in [4.69, 9.17) is 0 Å². The average molecular weight is 367 g/mol. The van der Waals surface area contributed by atoms with Crippen LogP contribution in [0.5, 0.6) is 0 Å². The number of halogens is 1. The number of hydrogen-bond acceptors (Lipinski definition) is 3. The molecule has 0 fully saturated rings. The van der Waals surface area contributed by atoms with Crippen molar-refractivity contribution in [2.24, 2.45) is 0 Å². The Morgan fingerprint density at radius 2 is 1.88 bits per heavy atom. The molecule has 1 aliphatic rings. The fourth-order valence-electron chi connectivity index (χ4n) is 3.19. The number of carbonyl (C=O) groups excluding carboxylic acids is 1. The molecular formula is C20H18FN3OS. The Morgan fingerprint density at radius 3 is 2.62 bits per heavy atom. The monoisotopic (exact) mass is 367 g/mol. The van der Waals surface area contributed by atoms with Crippen molar-refractivity contribution in [1.29, 1.82) is 0 Å². The average Bonchev–Trinajstić information content (AvgIpc) is 2.83. The van der Waals surface area contributed by atoms with Gasteiger partial charge in [-0.1, -0.05) is 35.9 Å². The van der Waals surface area contributed by atoms with Gasteiger partial charge in [0.1, 0.15) is 11.6 Å². The van der Waals surface area contributed by atoms with E-state index < -0.39 is 0 Å². The van der Waals surface area contributed by atoms with Gasteiger partial charge in [-0.3, -0.25) is 4.79 Å². The summed E-state index contributed by atoms with van der Waals surface area (Å²) in [5, 5.41) is 7.31. The lowest BCUT2D eigenvalue weighted by atomic mass is 10.0. The topological polar surface area (TPSA) is 46.9 Å². The van der Waals surface area contributed by atoms with E-state index in [2.05, 4.69) is 10.4 Å². The first-order chi connectivity index (χ1) is 12.5. The summed E-state index contributed by atoms with van der Waals surface area (Å²) < 4.78 is 16.2. The summed E-state index contributed by atoms with van der Waals surface area (Å²) in [5.41, 5.74) is 4.21. The molecule has 132 valence electrons. The maximum atomic E-state index is 14.5. The van der Waals surface area contributed by atoms with Crippen LogP contribution >= 0.6 is 11.8 Å². The van der Waals surface area contributed by atoms with Crippen LogP contribution in [0.25, 0.3) is 5.69 Å². The number of carbonyl (C=O) groups is 1. The van der Waals surface area contributed by atoms with Crippen LogP contribution in [0.15, 0.2) is 48.5 Å². The molecule has 0 spiro atoms. The highest BCUT2D eigenvalue weighted by Gasteiger charge is 2.31. The standard InChI is InChI=1S/C20H18FN3OS/c1-12-7-9-14(10-8-12)24-20-18(13(2)23-24)19(26-11-17(25)22-20)15-5-3-4-6-16(15)21/h3-10,19H,11H2,1-2H3,(H,22,25)/t19-/m1/s1. The number of nitrogens with zero attached hydrogens (tertiary/aromatic N) is 2. The van der Waals surface area contributed by atoms with Crippen LogP contribution in [0.2, 0.25) is 0 Å². The minimum Gasteiger partial charge on any atom is -0.310 e. The third-order valence-electron chi connectivity index (χ3n) is 4.47. The third kappa shape index (κ3) is 2.90. The predicted octanol–water partition coefficient (Wildman–Crippen LogP) is 4.40. The molecule has 6 heteroatoms. The molecule has 0 radical (unpaired) electrons. The molecule has 0 saturated heterocycles. The van der Waals surface area contributed by atoms with Gasteiger partial charge in [-0.25, -0.2) is 9.07 Å². The number of nitrogens with one attached hydrogen (secondary N) is 1. The maximum Gasteiger partial charge on any atom is 0.235 e. The summed E-state index contributed by atoms with van der Waals surface area (Å²) in [5.74, 6) is 0.506. The van der Waals surface area contributed by atoms with Crippen molar-refractivity contribution < 1.29 is 9.18 Å². The molecule has 1 amide bonds. The number of amides is 1. The molecule has 4 nitrogen and oxygen atoms in total. The van der Waals surface area contributed by atoms with Gasteiger partial charge in [0.2, 0.25) is 5.91 Å². The first-order valence-corrected chi connectivity index (χ1v) is 9.42. The number of aromatic nitrogens is 2. The number of thioether (sulfide) groups is 1. The quantitative estimate of drug-likeness (QED) is 0.730. The molecule has 0 bridgehead atoms. The predicted molar refractivity (Wildman–Crippen MR) is 102 cm³/mol. The Kier molecular flexibility index (Phi) is 4.28. The zero-order chi connectivity index (χ0) is 18.3. The summed E-state index contributed by atoms with van der Waals surface area (Å²) in [7, 11) is 0. The van der Waals surface area contributed by atoms with E-state index in [-0.39, 0.29) is 22.7 Å². The van der Waals surface area contributed by atoms with Gasteiger partial charge < -0.3 is 5.32 Å². The number of fused-ring (bicyclic) bond motifs is 1. The fourth-order valence-corrected chi connectivity index (χ4v) is 4.40. The molecule has 1 N–H and O–H groups in total. The van der Waals surface area contributed by atoms with Gasteiger partial charge in [0, 0.05) is 11.1 Å². The number of anilines is 1. The van der Waals surface area contributed by atoms with E-state index in [0.717, 1.165) is 22.5 Å². The van der Waals surface area contributed by atoms with Crippen LogP contribution < -0.4 is 5.32 Å². The first-order valence-electron chi connectivity index (χ1n) is 8.37. The van der Waals surface area contributed by atoms with E-state index in [1.807, 2.05) is 44.2 Å². The largest absolute Gasteiger partial charge is 0.310 e. The zero-order valence-corrected chi connectivity index (χ0v) is 15.3. The van der Waals surface area contributed by atoms with E-state index in [1.54, 1.807) is 16.8 Å². The van der Waals surface area contributed by atoms with Crippen molar-refractivity contribution in [3.63, 3.8) is 0 Å². The van der Waals surface area contributed by atoms with E-state index in [1.165, 1.54) is 17.8 Å². The van der Waals surface area contributed by atoms with Crippen molar-refractivity contribution in [1.82, 2.24) is 9.78 Å². The lowest BCUT2D eigenvalue weighted by molar-refractivity contribution is -0.113. The second kappa shape index (κ2) is 6.61. The van der Waals surface area contributed by atoms with Gasteiger partial charge in [0.15, 0.2) is 0 Å². The fraction of sp³-hybridized carbons (Fsp3) is 0.200. The van der Waals surface area contributed by atoms with Crippen molar-refractivity contribution in [2.75, 3.05) is 11.1 Å². The molecule has 3 aromatic rings. The van der Waals surface area contributed by atoms with E-state index in [0.29, 0.717) is 11.4 Å². The number of benzene rings is 2. The molecule has 2 heterocycles. The second-order valence-corrected chi connectivity index (χ2v) is 7.45. The third-order valence-corrected chi connectivity index (χ3v) is 5.73. The van der Waals surface area contributed by atoms with E-state index in [9.17, 15) is 9.18 Å². The molecule has 0 unspecified atom stereocenters. The molecule has 1 aliphatic heterocycles. The van der Waals surface area contributed by atoms with Gasteiger partial charge >= 0.3 is 0 Å². The first kappa shape index (κ1) is 16.8. The van der Waals surface area contributed by atoms with Crippen molar-refractivity contribution >= 4 is 23.5 Å². The highest BCUT2D eigenvalue weighted by atomic mass is 32.2. The summed E-state index contributed by atoms with van der Waals surface area (Å²) >= 11 is 1.42. The van der Waals surface area contributed by atoms with Gasteiger partial charge in [-0.2, -0.15) is 5.10 Å². The Balaban J connectivity index is 1.91. The van der Waals surface area contributed by atoms with Crippen LogP contribution in [-0.2, 0) is 4.79 Å². The van der Waals surface area contributed by atoms with Crippen LogP contribution in [0.1, 0.15) is 27.6 Å². The summed E-state index contributed by atoms with van der Waals surface area (Å²) in [6.45, 7) is 3.92. The van der Waals surface area contributed by atoms with Crippen LogP contribution in [-0.4, -0.2) is 21.4 Å². The van der Waals surface area contributed by atoms with Crippen molar-refractivity contribution in [3.8, 4) is 5.69 Å². The molecular weight excluding hydrogens is 349 g/mol. The SMILES string of the molecule is Cc1ccc(-n2nc(C)c3c2NC(=O)CS[C@@H]3c2ccccc2F)cc1. The van der Waals surface area contributed by atoms with Gasteiger partial charge in [0.25, 0.3) is 0 Å². The molecule has 0 saturated carbocycles. The zero-order valence-electron chi connectivity index (χ0n) is 14.5. The van der Waals surface area contributed by atoms with E-state index >= 15 is 0 Å². The molecule has 1 atom stereocenters. The lowest BCUT2D eigenvalue weighted by Gasteiger charge is -2.16. The highest BCUT2D eigenvalue weighted by Crippen LogP contribution is 2.44. The smallest absolute Gasteiger partial charge is 0.235 e. The van der Waals surface area contributed by atoms with Crippen LogP contribution in [0.4, 0.5) is 10.2 Å². The minimum absolute atomic E-state index is 0.108. The number of rotatable bonds is 2. The normalized spacial score (nSPS) is 16.7.